The van der Waals surface area contributed by atoms with Crippen molar-refractivity contribution < 1.29 is 14.0 Å². The lowest BCUT2D eigenvalue weighted by Gasteiger charge is -2.36. The van der Waals surface area contributed by atoms with Crippen LogP contribution in [0.25, 0.3) is 0 Å². The van der Waals surface area contributed by atoms with Crippen LogP contribution in [0.3, 0.4) is 0 Å². The van der Waals surface area contributed by atoms with Gasteiger partial charge in [-0.05, 0) is 56.3 Å². The second-order valence-electron chi connectivity index (χ2n) is 10.3. The van der Waals surface area contributed by atoms with Crippen LogP contribution in [0.5, 0.6) is 0 Å². The summed E-state index contributed by atoms with van der Waals surface area (Å²) in [5.74, 6) is 0.0440. The predicted octanol–water partition coefficient (Wildman–Crippen LogP) is 6.83. The van der Waals surface area contributed by atoms with Crippen molar-refractivity contribution in [2.24, 2.45) is 5.92 Å². The van der Waals surface area contributed by atoms with Crippen LogP contribution in [0.4, 0.5) is 0 Å². The highest BCUT2D eigenvalue weighted by molar-refractivity contribution is 6.74. The predicted molar refractivity (Wildman–Crippen MR) is 124 cm³/mol. The second-order valence-corrected chi connectivity index (χ2v) is 15.1. The fourth-order valence-corrected chi connectivity index (χ4v) is 4.64. The summed E-state index contributed by atoms with van der Waals surface area (Å²) in [6.07, 6.45) is 9.31. The standard InChI is InChI=1S/C25H42O3Si/c1-20-14-16-21(17-15-20)19-22-23(28-24(22)26)13-11-9-7-8-10-12-18-27-29(5,6)25(2,3)4/h14-17,22-23H,7-13,18-19H2,1-6H3. The molecule has 0 amide bonds. The Labute approximate surface area is 179 Å². The van der Waals surface area contributed by atoms with E-state index in [2.05, 4.69) is 65.1 Å². The molecule has 4 heteroatoms. The van der Waals surface area contributed by atoms with Gasteiger partial charge in [-0.3, -0.25) is 4.79 Å². The summed E-state index contributed by atoms with van der Waals surface area (Å²) in [5, 5.41) is 0.301. The number of carbonyl (C=O) groups is 1. The van der Waals surface area contributed by atoms with Crippen LogP contribution in [0.15, 0.2) is 24.3 Å². The highest BCUT2D eigenvalue weighted by atomic mass is 28.4. The molecule has 2 atom stereocenters. The summed E-state index contributed by atoms with van der Waals surface area (Å²) >= 11 is 0. The molecule has 2 unspecified atom stereocenters. The maximum atomic E-state index is 11.8. The van der Waals surface area contributed by atoms with Gasteiger partial charge in [0.25, 0.3) is 0 Å². The molecule has 0 N–H and O–H groups in total. The highest BCUT2D eigenvalue weighted by Crippen LogP contribution is 2.36. The Morgan fingerprint density at radius 3 is 2.14 bits per heavy atom. The van der Waals surface area contributed by atoms with Gasteiger partial charge in [-0.1, -0.05) is 76.3 Å². The van der Waals surface area contributed by atoms with Crippen molar-refractivity contribution in [3.05, 3.63) is 35.4 Å². The van der Waals surface area contributed by atoms with Gasteiger partial charge in [0, 0.05) is 6.61 Å². The molecule has 1 aromatic carbocycles. The van der Waals surface area contributed by atoms with E-state index in [1.165, 1.54) is 43.2 Å². The van der Waals surface area contributed by atoms with Crippen molar-refractivity contribution in [1.82, 2.24) is 0 Å². The average molecular weight is 419 g/mol. The monoisotopic (exact) mass is 418 g/mol. The minimum Gasteiger partial charge on any atom is -0.461 e. The number of esters is 1. The number of unbranched alkanes of at least 4 members (excludes halogenated alkanes) is 5. The lowest BCUT2D eigenvalue weighted by Crippen LogP contribution is -2.46. The van der Waals surface area contributed by atoms with Crippen molar-refractivity contribution in [3.8, 4) is 0 Å². The van der Waals surface area contributed by atoms with E-state index in [9.17, 15) is 4.79 Å². The third kappa shape index (κ3) is 7.56. The number of aryl methyl sites for hydroxylation is 1. The van der Waals surface area contributed by atoms with Gasteiger partial charge in [0.2, 0.25) is 0 Å². The summed E-state index contributed by atoms with van der Waals surface area (Å²) in [4.78, 5) is 11.8. The first-order chi connectivity index (χ1) is 13.6. The minimum absolute atomic E-state index is 0.0164. The molecule has 1 aliphatic rings. The third-order valence-corrected chi connectivity index (χ3v) is 11.3. The number of hydrogen-bond acceptors (Lipinski definition) is 3. The van der Waals surface area contributed by atoms with Crippen LogP contribution < -0.4 is 0 Å². The molecule has 0 spiro atoms. The van der Waals surface area contributed by atoms with Gasteiger partial charge in [-0.2, -0.15) is 0 Å². The van der Waals surface area contributed by atoms with Crippen molar-refractivity contribution in [1.29, 1.82) is 0 Å². The quantitative estimate of drug-likeness (QED) is 0.212. The van der Waals surface area contributed by atoms with Gasteiger partial charge in [-0.15, -0.1) is 0 Å². The Bertz CT molecular complexity index is 630. The molecule has 0 aliphatic carbocycles. The first kappa shape index (κ1) is 24.1. The molecule has 0 radical (unpaired) electrons. The van der Waals surface area contributed by atoms with Crippen molar-refractivity contribution >= 4 is 14.3 Å². The van der Waals surface area contributed by atoms with Gasteiger partial charge in [0.05, 0.1) is 5.92 Å². The van der Waals surface area contributed by atoms with E-state index in [1.807, 2.05) is 0 Å². The summed E-state index contributed by atoms with van der Waals surface area (Å²) in [7, 11) is -1.58. The molecule has 0 aromatic heterocycles. The summed E-state index contributed by atoms with van der Waals surface area (Å²) in [6, 6.07) is 8.50. The molecule has 1 fully saturated rings. The van der Waals surface area contributed by atoms with E-state index >= 15 is 0 Å². The third-order valence-electron chi connectivity index (χ3n) is 6.75. The Hall–Kier alpha value is -1.13. The summed E-state index contributed by atoms with van der Waals surface area (Å²) in [6.45, 7) is 14.5. The fraction of sp³-hybridized carbons (Fsp3) is 0.720. The van der Waals surface area contributed by atoms with Gasteiger partial charge in [0.1, 0.15) is 6.10 Å². The normalized spacial score (nSPS) is 19.7. The molecule has 1 aliphatic heterocycles. The summed E-state index contributed by atoms with van der Waals surface area (Å²) < 4.78 is 11.7. The van der Waals surface area contributed by atoms with Gasteiger partial charge < -0.3 is 9.16 Å². The van der Waals surface area contributed by atoms with Crippen LogP contribution in [-0.4, -0.2) is 27.0 Å². The largest absolute Gasteiger partial charge is 0.461 e. The molecule has 0 bridgehead atoms. The van der Waals surface area contributed by atoms with E-state index in [0.717, 1.165) is 25.9 Å². The van der Waals surface area contributed by atoms with E-state index in [4.69, 9.17) is 9.16 Å². The first-order valence-corrected chi connectivity index (χ1v) is 14.4. The van der Waals surface area contributed by atoms with Crippen LogP contribution in [0, 0.1) is 12.8 Å². The molecule has 164 valence electrons. The molecule has 2 rings (SSSR count). The Morgan fingerprint density at radius 2 is 1.55 bits per heavy atom. The zero-order valence-electron chi connectivity index (χ0n) is 19.6. The van der Waals surface area contributed by atoms with Gasteiger partial charge in [0.15, 0.2) is 8.32 Å². The van der Waals surface area contributed by atoms with E-state index in [-0.39, 0.29) is 18.0 Å². The number of carbonyl (C=O) groups excluding carboxylic acids is 1. The van der Waals surface area contributed by atoms with Crippen LogP contribution in [0.1, 0.15) is 76.8 Å². The topological polar surface area (TPSA) is 35.5 Å². The SMILES string of the molecule is Cc1ccc(CC2C(=O)OC2CCCCCCCCO[Si](C)(C)C(C)(C)C)cc1. The van der Waals surface area contributed by atoms with Gasteiger partial charge in [-0.25, -0.2) is 0 Å². The lowest BCUT2D eigenvalue weighted by molar-refractivity contribution is -0.185. The summed E-state index contributed by atoms with van der Waals surface area (Å²) in [5.41, 5.74) is 2.50. The van der Waals surface area contributed by atoms with E-state index < -0.39 is 8.32 Å². The molecule has 1 saturated heterocycles. The number of hydrogen-bond donors (Lipinski definition) is 0. The van der Waals surface area contributed by atoms with Crippen molar-refractivity contribution in [2.75, 3.05) is 6.61 Å². The lowest BCUT2D eigenvalue weighted by atomic mass is 9.86. The maximum Gasteiger partial charge on any atom is 0.313 e. The molecule has 1 heterocycles. The minimum atomic E-state index is -1.58. The number of benzene rings is 1. The highest BCUT2D eigenvalue weighted by Gasteiger charge is 2.41. The number of cyclic esters (lactones) is 1. The number of rotatable bonds is 12. The zero-order valence-corrected chi connectivity index (χ0v) is 20.6. The Kier molecular flexibility index (Phi) is 8.96. The van der Waals surface area contributed by atoms with Crippen molar-refractivity contribution in [3.63, 3.8) is 0 Å². The molecule has 1 aromatic rings. The van der Waals surface area contributed by atoms with Crippen LogP contribution in [-0.2, 0) is 20.4 Å². The smallest absolute Gasteiger partial charge is 0.313 e. The second kappa shape index (κ2) is 10.8. The van der Waals surface area contributed by atoms with Crippen LogP contribution >= 0.6 is 0 Å². The van der Waals surface area contributed by atoms with E-state index in [0.29, 0.717) is 5.04 Å². The van der Waals surface area contributed by atoms with E-state index in [1.54, 1.807) is 0 Å². The average Bonchev–Trinajstić information content (AvgIpc) is 2.64. The number of ether oxygens (including phenoxy) is 1. The molecule has 29 heavy (non-hydrogen) atoms. The molecule has 3 nitrogen and oxygen atoms in total. The first-order valence-electron chi connectivity index (χ1n) is 11.5. The van der Waals surface area contributed by atoms with Gasteiger partial charge >= 0.3 is 5.97 Å². The molecular formula is C25H42O3Si. The Morgan fingerprint density at radius 1 is 0.966 bits per heavy atom. The zero-order chi connectivity index (χ0) is 21.5. The fourth-order valence-electron chi connectivity index (χ4n) is 3.55. The van der Waals surface area contributed by atoms with Crippen molar-refractivity contribution in [2.45, 2.75) is 103 Å². The Balaban J connectivity index is 1.52. The maximum absolute atomic E-state index is 11.8. The molecular weight excluding hydrogens is 376 g/mol. The molecule has 0 saturated carbocycles. The van der Waals surface area contributed by atoms with Crippen LogP contribution in [0.2, 0.25) is 18.1 Å².